The molecule has 3 nitrogen and oxygen atoms in total. The second kappa shape index (κ2) is 9.94. The minimum absolute atomic E-state index is 0.237. The Morgan fingerprint density at radius 3 is 1.58 bits per heavy atom. The van der Waals surface area contributed by atoms with Crippen LogP contribution in [0.4, 0.5) is 22.0 Å². The van der Waals surface area contributed by atoms with Gasteiger partial charge in [-0.05, 0) is 48.2 Å². The Kier molecular flexibility index (Phi) is 7.08. The molecule has 0 bridgehead atoms. The van der Waals surface area contributed by atoms with Gasteiger partial charge in [-0.3, -0.25) is 0 Å². The molecule has 0 aliphatic heterocycles. The minimum Gasteiger partial charge on any atom is -0.494 e. The summed E-state index contributed by atoms with van der Waals surface area (Å²) in [6.07, 6.45) is 0.718. The Balaban J connectivity index is 1.45. The lowest BCUT2D eigenvalue weighted by Crippen LogP contribution is -2.09. The van der Waals surface area contributed by atoms with Gasteiger partial charge in [0.25, 0.3) is 0 Å². The molecule has 0 radical (unpaired) electrons. The molecule has 160 valence electrons. The number of nitrogens with zero attached hydrogens (tertiary/aromatic N) is 1. The van der Waals surface area contributed by atoms with E-state index in [1.165, 1.54) is 0 Å². The van der Waals surface area contributed by atoms with Crippen molar-refractivity contribution < 1.29 is 31.4 Å². The lowest BCUT2D eigenvalue weighted by molar-refractivity contribution is 0.240. The van der Waals surface area contributed by atoms with Gasteiger partial charge in [0, 0.05) is 0 Å². The maximum absolute atomic E-state index is 13.5. The zero-order valence-corrected chi connectivity index (χ0v) is 16.1. The SMILES string of the molecule is N#Cc1ccc(-c2ccc(OCCCCOc3c(F)c(F)c(F)c(F)c3F)cc2)cc1. The average Bonchev–Trinajstić information content (AvgIpc) is 2.81. The fourth-order valence-corrected chi connectivity index (χ4v) is 2.76. The molecule has 0 heterocycles. The van der Waals surface area contributed by atoms with Crippen LogP contribution in [-0.2, 0) is 0 Å². The van der Waals surface area contributed by atoms with Crippen LogP contribution in [-0.4, -0.2) is 13.2 Å². The Morgan fingerprint density at radius 1 is 0.613 bits per heavy atom. The number of benzene rings is 3. The van der Waals surface area contributed by atoms with Gasteiger partial charge in [0.05, 0.1) is 24.8 Å². The maximum Gasteiger partial charge on any atom is 0.206 e. The number of unbranched alkanes of at least 4 members (excludes halogenated alkanes) is 1. The van der Waals surface area contributed by atoms with Crippen molar-refractivity contribution in [2.24, 2.45) is 0 Å². The Labute approximate surface area is 175 Å². The van der Waals surface area contributed by atoms with Crippen molar-refractivity contribution >= 4 is 0 Å². The number of hydrogen-bond acceptors (Lipinski definition) is 3. The van der Waals surface area contributed by atoms with E-state index >= 15 is 0 Å². The third-order valence-electron chi connectivity index (χ3n) is 4.42. The molecule has 31 heavy (non-hydrogen) atoms. The highest BCUT2D eigenvalue weighted by Crippen LogP contribution is 2.29. The van der Waals surface area contributed by atoms with E-state index in [1.807, 2.05) is 24.3 Å². The summed E-state index contributed by atoms with van der Waals surface area (Å²) in [5.41, 5.74) is 2.48. The molecule has 0 amide bonds. The van der Waals surface area contributed by atoms with Crippen LogP contribution < -0.4 is 9.47 Å². The molecule has 3 aromatic carbocycles. The zero-order chi connectivity index (χ0) is 22.4. The van der Waals surface area contributed by atoms with E-state index in [0.29, 0.717) is 17.7 Å². The Hall–Kier alpha value is -3.60. The van der Waals surface area contributed by atoms with E-state index in [0.717, 1.165) is 11.1 Å². The predicted molar refractivity (Wildman–Crippen MR) is 103 cm³/mol. The van der Waals surface area contributed by atoms with Gasteiger partial charge in [0.15, 0.2) is 5.75 Å². The smallest absolute Gasteiger partial charge is 0.206 e. The van der Waals surface area contributed by atoms with Crippen molar-refractivity contribution in [1.82, 2.24) is 0 Å². The minimum atomic E-state index is -2.22. The van der Waals surface area contributed by atoms with Crippen LogP contribution in [0, 0.1) is 40.4 Å². The van der Waals surface area contributed by atoms with E-state index in [9.17, 15) is 22.0 Å². The normalized spacial score (nSPS) is 10.6. The van der Waals surface area contributed by atoms with Crippen molar-refractivity contribution in [3.8, 4) is 28.7 Å². The second-order valence-corrected chi connectivity index (χ2v) is 6.52. The summed E-state index contributed by atoms with van der Waals surface area (Å²) in [7, 11) is 0. The van der Waals surface area contributed by atoms with Gasteiger partial charge in [-0.15, -0.1) is 0 Å². The number of rotatable bonds is 8. The van der Waals surface area contributed by atoms with E-state index in [4.69, 9.17) is 14.7 Å². The van der Waals surface area contributed by atoms with E-state index in [2.05, 4.69) is 6.07 Å². The first-order chi connectivity index (χ1) is 14.9. The molecular weight excluding hydrogens is 417 g/mol. The van der Waals surface area contributed by atoms with Crippen LogP contribution in [0.3, 0.4) is 0 Å². The molecule has 0 aromatic heterocycles. The molecule has 0 atom stereocenters. The fourth-order valence-electron chi connectivity index (χ4n) is 2.76. The van der Waals surface area contributed by atoms with Crippen molar-refractivity contribution in [3.05, 3.63) is 83.2 Å². The quantitative estimate of drug-likeness (QED) is 0.185. The van der Waals surface area contributed by atoms with E-state index in [-0.39, 0.29) is 19.6 Å². The van der Waals surface area contributed by atoms with Gasteiger partial charge < -0.3 is 9.47 Å². The number of nitriles is 1. The van der Waals surface area contributed by atoms with E-state index in [1.54, 1.807) is 24.3 Å². The summed E-state index contributed by atoms with van der Waals surface area (Å²) in [5, 5.41) is 8.83. The number of ether oxygens (including phenoxy) is 2. The van der Waals surface area contributed by atoms with Crippen molar-refractivity contribution in [1.29, 1.82) is 5.26 Å². The monoisotopic (exact) mass is 433 g/mol. The molecule has 0 fully saturated rings. The first-order valence-electron chi connectivity index (χ1n) is 9.30. The highest BCUT2D eigenvalue weighted by atomic mass is 19.2. The Morgan fingerprint density at radius 2 is 1.06 bits per heavy atom. The third-order valence-corrected chi connectivity index (χ3v) is 4.42. The summed E-state index contributed by atoms with van der Waals surface area (Å²) in [5.74, 6) is -11.0. The lowest BCUT2D eigenvalue weighted by Gasteiger charge is -2.11. The van der Waals surface area contributed by atoms with E-state index < -0.39 is 34.8 Å². The molecule has 0 spiro atoms. The highest BCUT2D eigenvalue weighted by Gasteiger charge is 2.26. The molecule has 8 heteroatoms. The topological polar surface area (TPSA) is 42.2 Å². The van der Waals surface area contributed by atoms with Crippen LogP contribution >= 0.6 is 0 Å². The fraction of sp³-hybridized carbons (Fsp3) is 0.174. The van der Waals surface area contributed by atoms with Gasteiger partial charge in [-0.1, -0.05) is 24.3 Å². The first-order valence-corrected chi connectivity index (χ1v) is 9.30. The molecule has 0 aliphatic rings. The summed E-state index contributed by atoms with van der Waals surface area (Å²) in [6.45, 7) is 0.0377. The summed E-state index contributed by atoms with van der Waals surface area (Å²) in [6, 6.07) is 16.5. The van der Waals surface area contributed by atoms with Crippen LogP contribution in [0.2, 0.25) is 0 Å². The van der Waals surface area contributed by atoms with Gasteiger partial charge in [-0.2, -0.15) is 14.0 Å². The Bertz CT molecular complexity index is 1060. The third kappa shape index (κ3) is 5.12. The summed E-state index contributed by atoms with van der Waals surface area (Å²) >= 11 is 0. The zero-order valence-electron chi connectivity index (χ0n) is 16.1. The molecule has 0 N–H and O–H groups in total. The summed E-state index contributed by atoms with van der Waals surface area (Å²) < 4.78 is 76.6. The van der Waals surface area contributed by atoms with Crippen LogP contribution in [0.15, 0.2) is 48.5 Å². The largest absolute Gasteiger partial charge is 0.494 e. The summed E-state index contributed by atoms with van der Waals surface area (Å²) in [4.78, 5) is 0. The standard InChI is InChI=1S/C23H16F5NO2/c24-18-19(25)21(27)23(22(28)20(18)26)31-12-2-1-11-30-17-9-7-16(8-10-17)15-5-3-14(13-29)4-6-15/h3-10H,1-2,11-12H2. The highest BCUT2D eigenvalue weighted by molar-refractivity contribution is 5.64. The van der Waals surface area contributed by atoms with Gasteiger partial charge in [-0.25, -0.2) is 13.2 Å². The molecule has 0 unspecified atom stereocenters. The maximum atomic E-state index is 13.5. The second-order valence-electron chi connectivity index (χ2n) is 6.52. The van der Waals surface area contributed by atoms with Crippen molar-refractivity contribution in [2.45, 2.75) is 12.8 Å². The van der Waals surface area contributed by atoms with Crippen molar-refractivity contribution in [3.63, 3.8) is 0 Å². The van der Waals surface area contributed by atoms with Crippen molar-refractivity contribution in [2.75, 3.05) is 13.2 Å². The molecule has 0 saturated heterocycles. The molecular formula is C23H16F5NO2. The van der Waals surface area contributed by atoms with Crippen LogP contribution in [0.25, 0.3) is 11.1 Å². The number of halogens is 5. The predicted octanol–water partition coefficient (Wildman–Crippen LogP) is 6.16. The average molecular weight is 433 g/mol. The van der Waals surface area contributed by atoms with Gasteiger partial charge in [0.2, 0.25) is 29.1 Å². The van der Waals surface area contributed by atoms with Crippen LogP contribution in [0.1, 0.15) is 18.4 Å². The first kappa shape index (κ1) is 22.1. The van der Waals surface area contributed by atoms with Gasteiger partial charge >= 0.3 is 0 Å². The molecule has 0 saturated carbocycles. The lowest BCUT2D eigenvalue weighted by atomic mass is 10.0. The van der Waals surface area contributed by atoms with Gasteiger partial charge in [0.1, 0.15) is 5.75 Å². The van der Waals surface area contributed by atoms with Crippen LogP contribution in [0.5, 0.6) is 11.5 Å². The molecule has 3 aromatic rings. The molecule has 3 rings (SSSR count). The number of hydrogen-bond donors (Lipinski definition) is 0. The molecule has 0 aliphatic carbocycles.